The molecule has 0 heterocycles. The molecule has 6 heteroatoms. The summed E-state index contributed by atoms with van der Waals surface area (Å²) in [6.07, 6.45) is 0. The second kappa shape index (κ2) is 6.29. The van der Waals surface area contributed by atoms with E-state index in [1.165, 1.54) is 18.2 Å². The van der Waals surface area contributed by atoms with E-state index in [2.05, 4.69) is 5.32 Å². The van der Waals surface area contributed by atoms with Crippen LogP contribution in [0.1, 0.15) is 0 Å². The normalized spacial score (nSPS) is 11.8. The predicted molar refractivity (Wildman–Crippen MR) is 77.2 cm³/mol. The fourth-order valence-electron chi connectivity index (χ4n) is 1.62. The van der Waals surface area contributed by atoms with Crippen molar-refractivity contribution < 1.29 is 13.4 Å². The van der Waals surface area contributed by atoms with Gasteiger partial charge in [0.25, 0.3) is 0 Å². The molecule has 0 saturated heterocycles. The molecule has 0 radical (unpaired) electrons. The summed E-state index contributed by atoms with van der Waals surface area (Å²) in [5, 5.41) is 2.55. The van der Waals surface area contributed by atoms with E-state index < -0.39 is 22.5 Å². The molecular weight excluding hydrogens is 279 g/mol. The summed E-state index contributed by atoms with van der Waals surface area (Å²) in [4.78, 5) is 11.8. The van der Waals surface area contributed by atoms with Crippen LogP contribution in [0.2, 0.25) is 0 Å². The number of rotatable bonds is 4. The summed E-state index contributed by atoms with van der Waals surface area (Å²) in [5.41, 5.74) is 6.55. The van der Waals surface area contributed by atoms with Crippen LogP contribution < -0.4 is 11.1 Å². The molecule has 0 bridgehead atoms. The van der Waals surface area contributed by atoms with E-state index in [1.807, 2.05) is 0 Å². The first-order chi connectivity index (χ1) is 9.58. The third kappa shape index (κ3) is 3.42. The molecule has 0 aliphatic carbocycles. The first-order valence-electron chi connectivity index (χ1n) is 5.85. The summed E-state index contributed by atoms with van der Waals surface area (Å²) in [6, 6.07) is 12.4. The zero-order chi connectivity index (χ0) is 14.5. The highest BCUT2D eigenvalue weighted by molar-refractivity contribution is 7.85. The highest BCUT2D eigenvalue weighted by Gasteiger charge is 2.14. The number of para-hydroxylation sites is 2. The van der Waals surface area contributed by atoms with Gasteiger partial charge >= 0.3 is 0 Å². The van der Waals surface area contributed by atoms with E-state index in [0.717, 1.165) is 0 Å². The number of carbonyl (C=O) groups is 1. The Bertz CT molecular complexity index is 661. The largest absolute Gasteiger partial charge is 0.397 e. The Balaban J connectivity index is 2.04. The average molecular weight is 292 g/mol. The smallest absolute Gasteiger partial charge is 0.237 e. The molecule has 1 unspecified atom stereocenters. The monoisotopic (exact) mass is 292 g/mol. The van der Waals surface area contributed by atoms with E-state index >= 15 is 0 Å². The van der Waals surface area contributed by atoms with Gasteiger partial charge in [-0.25, -0.2) is 4.39 Å². The van der Waals surface area contributed by atoms with Crippen molar-refractivity contribution in [3.8, 4) is 0 Å². The molecule has 3 N–H and O–H groups in total. The third-order valence-electron chi connectivity index (χ3n) is 2.58. The predicted octanol–water partition coefficient (Wildman–Crippen LogP) is 2.15. The minimum atomic E-state index is -1.73. The van der Waals surface area contributed by atoms with Gasteiger partial charge in [0.05, 0.1) is 27.1 Å². The molecular formula is C14H13FN2O2S. The van der Waals surface area contributed by atoms with Gasteiger partial charge in [-0.2, -0.15) is 0 Å². The van der Waals surface area contributed by atoms with Crippen molar-refractivity contribution in [3.63, 3.8) is 0 Å². The Hall–Kier alpha value is -2.21. The van der Waals surface area contributed by atoms with Gasteiger partial charge in [0.1, 0.15) is 11.6 Å². The lowest BCUT2D eigenvalue weighted by atomic mass is 10.3. The van der Waals surface area contributed by atoms with Crippen LogP contribution >= 0.6 is 0 Å². The lowest BCUT2D eigenvalue weighted by molar-refractivity contribution is -0.113. The zero-order valence-electron chi connectivity index (χ0n) is 10.5. The second-order valence-electron chi connectivity index (χ2n) is 4.06. The molecule has 0 aromatic heterocycles. The van der Waals surface area contributed by atoms with Crippen LogP contribution in [0.5, 0.6) is 0 Å². The van der Waals surface area contributed by atoms with E-state index in [0.29, 0.717) is 11.4 Å². The minimum Gasteiger partial charge on any atom is -0.397 e. The first kappa shape index (κ1) is 14.2. The van der Waals surface area contributed by atoms with Crippen molar-refractivity contribution in [2.75, 3.05) is 16.8 Å². The number of hydrogen-bond donors (Lipinski definition) is 2. The number of nitrogen functional groups attached to an aromatic ring is 1. The molecule has 0 saturated carbocycles. The Kier molecular flexibility index (Phi) is 4.47. The van der Waals surface area contributed by atoms with Gasteiger partial charge in [-0.1, -0.05) is 24.3 Å². The number of anilines is 2. The van der Waals surface area contributed by atoms with E-state index in [4.69, 9.17) is 5.73 Å². The van der Waals surface area contributed by atoms with Gasteiger partial charge < -0.3 is 11.1 Å². The molecule has 0 fully saturated rings. The molecule has 4 nitrogen and oxygen atoms in total. The quantitative estimate of drug-likeness (QED) is 0.848. The molecule has 2 aromatic rings. The van der Waals surface area contributed by atoms with Gasteiger partial charge in [0.2, 0.25) is 5.91 Å². The van der Waals surface area contributed by atoms with Gasteiger partial charge in [0.15, 0.2) is 0 Å². The van der Waals surface area contributed by atoms with Gasteiger partial charge in [0, 0.05) is 0 Å². The maximum Gasteiger partial charge on any atom is 0.237 e. The van der Waals surface area contributed by atoms with Crippen LogP contribution in [-0.4, -0.2) is 15.9 Å². The summed E-state index contributed by atoms with van der Waals surface area (Å²) >= 11 is 0. The molecule has 0 spiro atoms. The minimum absolute atomic E-state index is 0.0173. The number of benzene rings is 2. The fraction of sp³-hybridized carbons (Fsp3) is 0.0714. The van der Waals surface area contributed by atoms with Crippen LogP contribution in [0.25, 0.3) is 0 Å². The zero-order valence-corrected chi connectivity index (χ0v) is 11.3. The average Bonchev–Trinajstić information content (AvgIpc) is 2.41. The van der Waals surface area contributed by atoms with Crippen LogP contribution in [0.15, 0.2) is 53.4 Å². The molecule has 1 amide bonds. The Morgan fingerprint density at radius 2 is 1.80 bits per heavy atom. The van der Waals surface area contributed by atoms with Gasteiger partial charge in [-0.05, 0) is 24.3 Å². The summed E-state index contributed by atoms with van der Waals surface area (Å²) in [6.45, 7) is 0. The van der Waals surface area contributed by atoms with Gasteiger partial charge in [-0.15, -0.1) is 0 Å². The number of hydrogen-bond acceptors (Lipinski definition) is 3. The fourth-order valence-corrected chi connectivity index (χ4v) is 2.61. The van der Waals surface area contributed by atoms with Crippen LogP contribution in [0.4, 0.5) is 15.8 Å². The number of nitrogens with one attached hydrogen (secondary N) is 1. The molecule has 20 heavy (non-hydrogen) atoms. The highest BCUT2D eigenvalue weighted by atomic mass is 32.2. The van der Waals surface area contributed by atoms with E-state index in [-0.39, 0.29) is 10.6 Å². The van der Waals surface area contributed by atoms with Gasteiger partial charge in [-0.3, -0.25) is 9.00 Å². The van der Waals surface area contributed by atoms with Crippen molar-refractivity contribution in [2.24, 2.45) is 0 Å². The molecule has 0 aliphatic heterocycles. The van der Waals surface area contributed by atoms with Crippen molar-refractivity contribution in [2.45, 2.75) is 4.90 Å². The molecule has 2 aromatic carbocycles. The number of nitrogens with two attached hydrogens (primary N) is 1. The number of amides is 1. The summed E-state index contributed by atoms with van der Waals surface area (Å²) in [7, 11) is -1.73. The number of halogens is 1. The lowest BCUT2D eigenvalue weighted by Gasteiger charge is -2.08. The molecule has 104 valence electrons. The first-order valence-corrected chi connectivity index (χ1v) is 7.17. The third-order valence-corrected chi connectivity index (χ3v) is 3.93. The standard InChI is InChI=1S/C14H13FN2O2S/c15-10-5-1-4-8-13(10)20(19)9-14(18)17-12-7-3-2-6-11(12)16/h1-8H,9,16H2,(H,17,18). The SMILES string of the molecule is Nc1ccccc1NC(=O)CS(=O)c1ccccc1F. The van der Waals surface area contributed by atoms with Crippen LogP contribution in [-0.2, 0) is 15.6 Å². The highest BCUT2D eigenvalue weighted by Crippen LogP contribution is 2.17. The summed E-state index contributed by atoms with van der Waals surface area (Å²) < 4.78 is 25.4. The number of carbonyl (C=O) groups excluding carboxylic acids is 1. The van der Waals surface area contributed by atoms with Crippen LogP contribution in [0, 0.1) is 5.82 Å². The van der Waals surface area contributed by atoms with E-state index in [1.54, 1.807) is 30.3 Å². The molecule has 2 rings (SSSR count). The lowest BCUT2D eigenvalue weighted by Crippen LogP contribution is -2.20. The molecule has 1 atom stereocenters. The Morgan fingerprint density at radius 1 is 1.15 bits per heavy atom. The van der Waals surface area contributed by atoms with Crippen molar-refractivity contribution in [3.05, 3.63) is 54.3 Å². The topological polar surface area (TPSA) is 72.2 Å². The second-order valence-corrected chi connectivity index (χ2v) is 5.48. The summed E-state index contributed by atoms with van der Waals surface area (Å²) in [5.74, 6) is -1.39. The maximum absolute atomic E-state index is 13.4. The van der Waals surface area contributed by atoms with E-state index in [9.17, 15) is 13.4 Å². The Morgan fingerprint density at radius 3 is 2.50 bits per heavy atom. The Labute approximate surface area is 118 Å². The van der Waals surface area contributed by atoms with Crippen molar-refractivity contribution in [1.29, 1.82) is 0 Å². The van der Waals surface area contributed by atoms with Crippen molar-refractivity contribution in [1.82, 2.24) is 0 Å². The van der Waals surface area contributed by atoms with Crippen molar-refractivity contribution >= 4 is 28.1 Å². The molecule has 0 aliphatic rings. The van der Waals surface area contributed by atoms with Crippen LogP contribution in [0.3, 0.4) is 0 Å². The maximum atomic E-state index is 13.4.